The number of nitrogens with zero attached hydrogens (tertiary/aromatic N) is 3. The third-order valence-electron chi connectivity index (χ3n) is 6.79. The number of rotatable bonds is 4. The van der Waals surface area contributed by atoms with Gasteiger partial charge in [-0.2, -0.15) is 0 Å². The summed E-state index contributed by atoms with van der Waals surface area (Å²) >= 11 is 0. The molecule has 0 saturated heterocycles. The summed E-state index contributed by atoms with van der Waals surface area (Å²) in [7, 11) is -2.83. The summed E-state index contributed by atoms with van der Waals surface area (Å²) in [5.74, 6) is 0.899. The molecule has 0 bridgehead atoms. The zero-order valence-electron chi connectivity index (χ0n) is 20.5. The molecule has 0 spiro atoms. The van der Waals surface area contributed by atoms with E-state index < -0.39 is 7.14 Å². The van der Waals surface area contributed by atoms with Crippen LogP contribution in [0.5, 0.6) is 0 Å². The van der Waals surface area contributed by atoms with Crippen LogP contribution in [0, 0.1) is 13.8 Å². The lowest BCUT2D eigenvalue weighted by molar-refractivity contribution is 0.590. The van der Waals surface area contributed by atoms with Gasteiger partial charge < -0.3 is 4.57 Å². The average Bonchev–Trinajstić information content (AvgIpc) is 3.22. The van der Waals surface area contributed by atoms with E-state index in [9.17, 15) is 4.57 Å². The minimum absolute atomic E-state index is 0.640. The molecule has 0 aliphatic heterocycles. The lowest BCUT2D eigenvalue weighted by atomic mass is 10.0. The first-order valence-corrected chi connectivity index (χ1v) is 14.2. The summed E-state index contributed by atoms with van der Waals surface area (Å²) in [5.41, 5.74) is 6.99. The third-order valence-corrected chi connectivity index (χ3v) is 9.17. The van der Waals surface area contributed by atoms with Gasteiger partial charge in [-0.1, -0.05) is 54.6 Å². The fraction of sp³-hybridized carbons (Fsp3) is 0.0968. The maximum Gasteiger partial charge on any atom is 0.157 e. The van der Waals surface area contributed by atoms with Crippen LogP contribution in [0.4, 0.5) is 0 Å². The first kappa shape index (κ1) is 22.5. The van der Waals surface area contributed by atoms with Crippen LogP contribution in [-0.2, 0) is 4.57 Å². The highest BCUT2D eigenvalue weighted by atomic mass is 31.2. The Labute approximate surface area is 210 Å². The minimum atomic E-state index is -2.83. The van der Waals surface area contributed by atoms with Crippen LogP contribution >= 0.6 is 7.14 Å². The molecule has 176 valence electrons. The van der Waals surface area contributed by atoms with Gasteiger partial charge in [-0.25, -0.2) is 9.97 Å². The molecule has 4 nitrogen and oxygen atoms in total. The molecule has 0 saturated carbocycles. The summed E-state index contributed by atoms with van der Waals surface area (Å²) < 4.78 is 16.1. The number of fused-ring (bicyclic) bond motifs is 3. The maximum atomic E-state index is 13.9. The molecule has 0 amide bonds. The van der Waals surface area contributed by atoms with E-state index in [2.05, 4.69) is 71.1 Å². The topological polar surface area (TPSA) is 47.8 Å². The fourth-order valence-corrected chi connectivity index (χ4v) is 6.63. The predicted molar refractivity (Wildman–Crippen MR) is 151 cm³/mol. The van der Waals surface area contributed by atoms with Gasteiger partial charge in [-0.15, -0.1) is 0 Å². The zero-order chi connectivity index (χ0) is 24.9. The highest BCUT2D eigenvalue weighted by molar-refractivity contribution is 7.77. The normalized spacial score (nSPS) is 13.2. The molecule has 0 aliphatic carbocycles. The standard InChI is InChI=1S/C31H26N3OP/c1-21-16-17-32-30(18-21)34-28-12-5-4-11-26(28)27-15-14-24(20-29(27)34)23-9-7-10-25(19-23)36(3,35)31-13-6-8-22(2)33-31/h4-20H,1-3H3. The Balaban J connectivity index is 1.54. The smallest absolute Gasteiger partial charge is 0.157 e. The van der Waals surface area contributed by atoms with Crippen molar-refractivity contribution < 1.29 is 4.57 Å². The second-order valence-electron chi connectivity index (χ2n) is 9.39. The predicted octanol–water partition coefficient (Wildman–Crippen LogP) is 6.80. The van der Waals surface area contributed by atoms with Crippen molar-refractivity contribution in [2.75, 3.05) is 6.66 Å². The number of aromatic nitrogens is 3. The van der Waals surface area contributed by atoms with Gasteiger partial charge in [-0.05, 0) is 79.7 Å². The van der Waals surface area contributed by atoms with Gasteiger partial charge in [-0.3, -0.25) is 4.57 Å². The van der Waals surface area contributed by atoms with E-state index in [1.54, 1.807) is 6.66 Å². The summed E-state index contributed by atoms with van der Waals surface area (Å²) in [6.45, 7) is 5.82. The van der Waals surface area contributed by atoms with Crippen molar-refractivity contribution in [1.82, 2.24) is 14.5 Å². The van der Waals surface area contributed by atoms with Crippen molar-refractivity contribution in [1.29, 1.82) is 0 Å². The van der Waals surface area contributed by atoms with Gasteiger partial charge in [0, 0.05) is 28.0 Å². The van der Waals surface area contributed by atoms with Crippen molar-refractivity contribution >= 4 is 39.7 Å². The van der Waals surface area contributed by atoms with Crippen LogP contribution in [0.15, 0.2) is 103 Å². The maximum absolute atomic E-state index is 13.9. The van der Waals surface area contributed by atoms with Crippen molar-refractivity contribution in [3.05, 3.63) is 115 Å². The van der Waals surface area contributed by atoms with Crippen molar-refractivity contribution in [2.24, 2.45) is 0 Å². The molecule has 3 aromatic heterocycles. The molecule has 0 aliphatic rings. The van der Waals surface area contributed by atoms with E-state index in [1.807, 2.05) is 55.6 Å². The summed E-state index contributed by atoms with van der Waals surface area (Å²) in [6.07, 6.45) is 1.86. The first-order valence-electron chi connectivity index (χ1n) is 12.0. The second kappa shape index (κ2) is 8.58. The van der Waals surface area contributed by atoms with E-state index in [-0.39, 0.29) is 0 Å². The number of hydrogen-bond donors (Lipinski definition) is 0. The third kappa shape index (κ3) is 3.75. The van der Waals surface area contributed by atoms with E-state index in [0.717, 1.165) is 39.0 Å². The van der Waals surface area contributed by atoms with Gasteiger partial charge >= 0.3 is 0 Å². The summed E-state index contributed by atoms with van der Waals surface area (Å²) in [6, 6.07) is 32.9. The Bertz CT molecular complexity index is 1820. The molecule has 36 heavy (non-hydrogen) atoms. The van der Waals surface area contributed by atoms with Gasteiger partial charge in [0.1, 0.15) is 11.3 Å². The molecule has 0 fully saturated rings. The second-order valence-corrected chi connectivity index (χ2v) is 12.2. The quantitative estimate of drug-likeness (QED) is 0.257. The van der Waals surface area contributed by atoms with Crippen molar-refractivity contribution in [3.63, 3.8) is 0 Å². The molecule has 0 radical (unpaired) electrons. The van der Waals surface area contributed by atoms with Crippen molar-refractivity contribution in [3.8, 4) is 16.9 Å². The van der Waals surface area contributed by atoms with E-state index in [0.29, 0.717) is 5.44 Å². The Hall–Kier alpha value is -4.01. The Morgan fingerprint density at radius 1 is 0.722 bits per heavy atom. The number of aryl methyl sites for hydroxylation is 2. The van der Waals surface area contributed by atoms with Crippen LogP contribution < -0.4 is 10.7 Å². The van der Waals surface area contributed by atoms with Crippen LogP contribution in [0.25, 0.3) is 38.8 Å². The number of pyridine rings is 2. The van der Waals surface area contributed by atoms with Gasteiger partial charge in [0.15, 0.2) is 7.14 Å². The number of hydrogen-bond acceptors (Lipinski definition) is 3. The van der Waals surface area contributed by atoms with Crippen LogP contribution in [-0.4, -0.2) is 21.2 Å². The summed E-state index contributed by atoms with van der Waals surface area (Å²) in [5, 5.41) is 3.18. The molecule has 5 heteroatoms. The molecule has 6 rings (SSSR count). The molecular formula is C31H26N3OP. The monoisotopic (exact) mass is 487 g/mol. The van der Waals surface area contributed by atoms with Crippen molar-refractivity contribution in [2.45, 2.75) is 13.8 Å². The zero-order valence-corrected chi connectivity index (χ0v) is 21.4. The molecule has 1 atom stereocenters. The van der Waals surface area contributed by atoms with Crippen LogP contribution in [0.1, 0.15) is 11.3 Å². The van der Waals surface area contributed by atoms with Gasteiger partial charge in [0.2, 0.25) is 0 Å². The van der Waals surface area contributed by atoms with E-state index >= 15 is 0 Å². The highest BCUT2D eigenvalue weighted by Gasteiger charge is 2.23. The average molecular weight is 488 g/mol. The van der Waals surface area contributed by atoms with Gasteiger partial charge in [0.25, 0.3) is 0 Å². The highest BCUT2D eigenvalue weighted by Crippen LogP contribution is 2.40. The Kier molecular flexibility index (Phi) is 5.35. The van der Waals surface area contributed by atoms with E-state index in [4.69, 9.17) is 4.98 Å². The molecule has 3 aromatic carbocycles. The SMILES string of the molecule is Cc1ccnc(-n2c3ccccc3c3ccc(-c4cccc(P(C)(=O)c5cccc(C)n5)c4)cc32)c1. The summed E-state index contributed by atoms with van der Waals surface area (Å²) in [4.78, 5) is 9.26. The lowest BCUT2D eigenvalue weighted by Gasteiger charge is -2.15. The molecule has 1 unspecified atom stereocenters. The molecule has 0 N–H and O–H groups in total. The van der Waals surface area contributed by atoms with Crippen LogP contribution in [0.2, 0.25) is 0 Å². The molecule has 3 heterocycles. The largest absolute Gasteiger partial charge is 0.312 e. The Morgan fingerprint density at radius 2 is 1.50 bits per heavy atom. The number of benzene rings is 3. The number of para-hydroxylation sites is 1. The molecule has 6 aromatic rings. The lowest BCUT2D eigenvalue weighted by Crippen LogP contribution is -2.18. The van der Waals surface area contributed by atoms with Gasteiger partial charge in [0.05, 0.1) is 11.0 Å². The minimum Gasteiger partial charge on any atom is -0.312 e. The fourth-order valence-electron chi connectivity index (χ4n) is 4.89. The van der Waals surface area contributed by atoms with Crippen LogP contribution in [0.3, 0.4) is 0 Å². The van der Waals surface area contributed by atoms with E-state index in [1.165, 1.54) is 16.3 Å². The molecular weight excluding hydrogens is 461 g/mol. The Morgan fingerprint density at radius 3 is 2.33 bits per heavy atom. The first-order chi connectivity index (χ1) is 17.4.